The molecule has 4 amide bonds. The van der Waals surface area contributed by atoms with Gasteiger partial charge in [-0.05, 0) is 13.3 Å². The Morgan fingerprint density at radius 1 is 1.21 bits per heavy atom. The van der Waals surface area contributed by atoms with Crippen LogP contribution in [0.1, 0.15) is 19.8 Å². The fourth-order valence-electron chi connectivity index (χ4n) is 3.45. The van der Waals surface area contributed by atoms with Crippen molar-refractivity contribution in [3.8, 4) is 11.5 Å². The third-order valence-corrected chi connectivity index (χ3v) is 5.39. The first kappa shape index (κ1) is 21.0. The third kappa shape index (κ3) is 4.84. The van der Waals surface area contributed by atoms with Crippen LogP contribution in [0.5, 0.6) is 11.5 Å². The van der Waals surface area contributed by atoms with Crippen molar-refractivity contribution in [2.24, 2.45) is 0 Å². The summed E-state index contributed by atoms with van der Waals surface area (Å²) in [6.07, 6.45) is 0.504. The lowest BCUT2D eigenvalue weighted by atomic mass is 10.1. The van der Waals surface area contributed by atoms with Gasteiger partial charge in [-0.2, -0.15) is 0 Å². The second-order valence-corrected chi connectivity index (χ2v) is 7.19. The van der Waals surface area contributed by atoms with Gasteiger partial charge in [0.2, 0.25) is 5.91 Å². The van der Waals surface area contributed by atoms with Crippen LogP contribution in [0, 0.1) is 0 Å². The molecule has 2 aliphatic rings. The maximum Gasteiger partial charge on any atom is 0.322 e. The predicted octanol–water partition coefficient (Wildman–Crippen LogP) is 1.38. The van der Waals surface area contributed by atoms with Crippen molar-refractivity contribution in [3.05, 3.63) is 17.2 Å². The number of hydrogen-bond donors (Lipinski definition) is 2. The lowest BCUT2D eigenvalue weighted by Gasteiger charge is -2.36. The van der Waals surface area contributed by atoms with E-state index in [2.05, 4.69) is 15.5 Å². The minimum atomic E-state index is -0.633. The van der Waals surface area contributed by atoms with E-state index in [1.165, 1.54) is 0 Å². The highest BCUT2D eigenvalue weighted by molar-refractivity contribution is 6.33. The lowest BCUT2D eigenvalue weighted by molar-refractivity contribution is -0.131. The molecule has 0 saturated carbocycles. The van der Waals surface area contributed by atoms with Gasteiger partial charge in [-0.15, -0.1) is 0 Å². The van der Waals surface area contributed by atoms with Gasteiger partial charge in [-0.1, -0.05) is 11.6 Å². The van der Waals surface area contributed by atoms with Crippen molar-refractivity contribution < 1.29 is 23.9 Å². The molecule has 0 radical (unpaired) electrons. The van der Waals surface area contributed by atoms with Crippen LogP contribution in [0.3, 0.4) is 0 Å². The molecular formula is C19H25ClN4O5. The second kappa shape index (κ2) is 9.21. The van der Waals surface area contributed by atoms with Gasteiger partial charge in [0, 0.05) is 50.4 Å². The summed E-state index contributed by atoms with van der Waals surface area (Å²) in [6, 6.07) is 2.61. The number of rotatable bonds is 7. The van der Waals surface area contributed by atoms with Gasteiger partial charge in [-0.3, -0.25) is 14.9 Å². The first-order valence-corrected chi connectivity index (χ1v) is 9.95. The Hall–Kier alpha value is -2.68. The Labute approximate surface area is 174 Å². The average Bonchev–Trinajstić information content (AvgIpc) is 3.05. The smallest absolute Gasteiger partial charge is 0.322 e. The molecule has 158 valence electrons. The van der Waals surface area contributed by atoms with Gasteiger partial charge in [0.1, 0.15) is 22.6 Å². The largest absolute Gasteiger partial charge is 0.495 e. The zero-order valence-corrected chi connectivity index (χ0v) is 17.3. The van der Waals surface area contributed by atoms with Crippen LogP contribution in [-0.2, 0) is 9.59 Å². The summed E-state index contributed by atoms with van der Waals surface area (Å²) in [4.78, 5) is 39.1. The number of anilines is 1. The molecule has 10 heteroatoms. The Morgan fingerprint density at radius 3 is 2.48 bits per heavy atom. The first-order chi connectivity index (χ1) is 13.9. The Bertz CT molecular complexity index is 795. The van der Waals surface area contributed by atoms with E-state index in [1.54, 1.807) is 12.0 Å². The van der Waals surface area contributed by atoms with Crippen LogP contribution < -0.4 is 25.0 Å². The molecule has 2 N–H and O–H groups in total. The zero-order valence-electron chi connectivity index (χ0n) is 16.5. The van der Waals surface area contributed by atoms with Crippen LogP contribution in [0.4, 0.5) is 10.5 Å². The normalized spacial score (nSPS) is 19.1. The number of ether oxygens (including phenoxy) is 2. The van der Waals surface area contributed by atoms with Gasteiger partial charge in [0.05, 0.1) is 13.7 Å². The summed E-state index contributed by atoms with van der Waals surface area (Å²) in [5.41, 5.74) is 0.923. The fourth-order valence-corrected chi connectivity index (χ4v) is 3.69. The van der Waals surface area contributed by atoms with Crippen LogP contribution in [0.25, 0.3) is 0 Å². The number of carbonyl (C=O) groups excluding carboxylic acids is 3. The van der Waals surface area contributed by atoms with Gasteiger partial charge >= 0.3 is 6.03 Å². The molecule has 0 bridgehead atoms. The molecule has 2 saturated heterocycles. The fraction of sp³-hybridized carbons (Fsp3) is 0.526. The van der Waals surface area contributed by atoms with Crippen LogP contribution in [-0.4, -0.2) is 68.7 Å². The summed E-state index contributed by atoms with van der Waals surface area (Å²) in [7, 11) is 1.56. The van der Waals surface area contributed by atoms with Crippen LogP contribution in [0.2, 0.25) is 5.02 Å². The quantitative estimate of drug-likeness (QED) is 0.641. The van der Waals surface area contributed by atoms with Gasteiger partial charge in [0.15, 0.2) is 0 Å². The Kier molecular flexibility index (Phi) is 6.68. The average molecular weight is 425 g/mol. The molecule has 1 aromatic rings. The van der Waals surface area contributed by atoms with E-state index in [0.717, 1.165) is 5.69 Å². The third-order valence-electron chi connectivity index (χ3n) is 5.01. The highest BCUT2D eigenvalue weighted by Gasteiger charge is 2.30. The monoisotopic (exact) mass is 424 g/mol. The van der Waals surface area contributed by atoms with E-state index < -0.39 is 12.1 Å². The second-order valence-electron chi connectivity index (χ2n) is 6.81. The number of carbonyl (C=O) groups is 3. The number of imide groups is 1. The van der Waals surface area contributed by atoms with E-state index in [9.17, 15) is 14.4 Å². The number of urea groups is 1. The van der Waals surface area contributed by atoms with E-state index in [1.807, 2.05) is 19.1 Å². The molecule has 2 fully saturated rings. The molecule has 1 aromatic carbocycles. The van der Waals surface area contributed by atoms with Crippen LogP contribution >= 0.6 is 11.6 Å². The molecule has 0 unspecified atom stereocenters. The Morgan fingerprint density at radius 2 is 1.90 bits per heavy atom. The standard InChI is InChI=1S/C19H25ClN4O5/c1-3-29-15-11-12(10-14(28-2)17(15)20)23-6-8-24(9-7-23)16(25)5-4-13-18(26)22-19(27)21-13/h10-11,13H,3-9H2,1-2H3,(H2,21,22,26,27)/t13-/m1/s1. The van der Waals surface area contributed by atoms with E-state index in [-0.39, 0.29) is 18.2 Å². The van der Waals surface area contributed by atoms with Gasteiger partial charge in [-0.25, -0.2) is 4.79 Å². The van der Waals surface area contributed by atoms with Gasteiger partial charge in [0.25, 0.3) is 5.91 Å². The highest BCUT2D eigenvalue weighted by atomic mass is 35.5. The number of amides is 4. The Balaban J connectivity index is 1.56. The summed E-state index contributed by atoms with van der Waals surface area (Å²) < 4.78 is 11.0. The van der Waals surface area contributed by atoms with Crippen LogP contribution in [0.15, 0.2) is 12.1 Å². The summed E-state index contributed by atoms with van der Waals surface area (Å²) in [5, 5.41) is 5.12. The van der Waals surface area contributed by atoms with Crippen molar-refractivity contribution in [3.63, 3.8) is 0 Å². The molecule has 9 nitrogen and oxygen atoms in total. The minimum absolute atomic E-state index is 0.0257. The number of halogens is 1. The molecular weight excluding hydrogens is 400 g/mol. The molecule has 2 aliphatic heterocycles. The van der Waals surface area contributed by atoms with Gasteiger partial charge < -0.3 is 24.6 Å². The molecule has 2 heterocycles. The maximum atomic E-state index is 12.5. The summed E-state index contributed by atoms with van der Waals surface area (Å²) in [6.45, 7) is 4.83. The number of benzene rings is 1. The molecule has 3 rings (SSSR count). The highest BCUT2D eigenvalue weighted by Crippen LogP contribution is 2.38. The number of hydrogen-bond acceptors (Lipinski definition) is 6. The van der Waals surface area contributed by atoms with E-state index in [0.29, 0.717) is 55.7 Å². The molecule has 0 aromatic heterocycles. The molecule has 29 heavy (non-hydrogen) atoms. The van der Waals surface area contributed by atoms with Crippen molar-refractivity contribution in [2.45, 2.75) is 25.8 Å². The first-order valence-electron chi connectivity index (χ1n) is 9.57. The van der Waals surface area contributed by atoms with E-state index >= 15 is 0 Å². The maximum absolute atomic E-state index is 12.5. The molecule has 0 aliphatic carbocycles. The topological polar surface area (TPSA) is 100 Å². The number of nitrogens with zero attached hydrogens (tertiary/aromatic N) is 2. The van der Waals surface area contributed by atoms with Crippen molar-refractivity contribution in [1.29, 1.82) is 0 Å². The summed E-state index contributed by atoms with van der Waals surface area (Å²) >= 11 is 6.30. The zero-order chi connectivity index (χ0) is 21.0. The number of methoxy groups -OCH3 is 1. The SMILES string of the molecule is CCOc1cc(N2CCN(C(=O)CC[C@H]3NC(=O)NC3=O)CC2)cc(OC)c1Cl. The van der Waals surface area contributed by atoms with Crippen molar-refractivity contribution in [2.75, 3.05) is 44.8 Å². The van der Waals surface area contributed by atoms with Crippen molar-refractivity contribution in [1.82, 2.24) is 15.5 Å². The molecule has 0 spiro atoms. The van der Waals surface area contributed by atoms with E-state index in [4.69, 9.17) is 21.1 Å². The number of nitrogens with one attached hydrogen (secondary N) is 2. The van der Waals surface area contributed by atoms with Crippen molar-refractivity contribution >= 4 is 35.1 Å². The minimum Gasteiger partial charge on any atom is -0.495 e. The molecule has 1 atom stereocenters. The number of piperazine rings is 1. The lowest BCUT2D eigenvalue weighted by Crippen LogP contribution is -2.49. The predicted molar refractivity (Wildman–Crippen MR) is 108 cm³/mol. The summed E-state index contributed by atoms with van der Waals surface area (Å²) in [5.74, 6) is 0.707.